The van der Waals surface area contributed by atoms with E-state index in [0.717, 1.165) is 51.8 Å². The molecule has 0 spiro atoms. The highest BCUT2D eigenvalue weighted by Gasteiger charge is 2.22. The summed E-state index contributed by atoms with van der Waals surface area (Å²) < 4.78 is 11.2. The molecule has 2 fully saturated rings. The Labute approximate surface area is 156 Å². The fourth-order valence-electron chi connectivity index (χ4n) is 3.92. The van der Waals surface area contributed by atoms with E-state index in [1.165, 1.54) is 31.9 Å². The first-order valence-corrected chi connectivity index (χ1v) is 10.1. The van der Waals surface area contributed by atoms with E-state index < -0.39 is 0 Å². The fraction of sp³-hybridized carbons (Fsp3) is 0.750. The first-order valence-electron chi connectivity index (χ1n) is 10.1. The number of furan rings is 1. The van der Waals surface area contributed by atoms with E-state index in [1.54, 1.807) is 12.1 Å². The molecule has 1 saturated carbocycles. The van der Waals surface area contributed by atoms with Crippen LogP contribution in [0.1, 0.15) is 43.2 Å². The van der Waals surface area contributed by atoms with E-state index in [2.05, 4.69) is 22.0 Å². The van der Waals surface area contributed by atoms with E-state index >= 15 is 0 Å². The van der Waals surface area contributed by atoms with Gasteiger partial charge in [-0.2, -0.15) is 0 Å². The number of hydrogen-bond acceptors (Lipinski definition) is 5. The van der Waals surface area contributed by atoms with Gasteiger partial charge in [-0.25, -0.2) is 0 Å². The fourth-order valence-corrected chi connectivity index (χ4v) is 3.92. The Hall–Kier alpha value is -1.37. The van der Waals surface area contributed by atoms with E-state index in [-0.39, 0.29) is 5.91 Å². The Morgan fingerprint density at radius 3 is 2.62 bits per heavy atom. The zero-order chi connectivity index (χ0) is 18.2. The average Bonchev–Trinajstić information content (AvgIpc) is 3.19. The SMILES string of the molecule is C[C@H]1CCCC[C@H]1OCCN1CCN(CCNC(=O)c2ccco2)CC1. The molecule has 6 heteroatoms. The van der Waals surface area contributed by atoms with Gasteiger partial charge in [0.15, 0.2) is 5.76 Å². The molecule has 0 aromatic carbocycles. The Morgan fingerprint density at radius 1 is 1.19 bits per heavy atom. The van der Waals surface area contributed by atoms with Crippen LogP contribution in [0.2, 0.25) is 0 Å². The Morgan fingerprint density at radius 2 is 1.92 bits per heavy atom. The van der Waals surface area contributed by atoms with Gasteiger partial charge < -0.3 is 14.5 Å². The van der Waals surface area contributed by atoms with Gasteiger partial charge in [0.05, 0.1) is 19.0 Å². The van der Waals surface area contributed by atoms with Gasteiger partial charge in [0.1, 0.15) is 0 Å². The third-order valence-corrected chi connectivity index (χ3v) is 5.70. The lowest BCUT2D eigenvalue weighted by atomic mass is 9.88. The van der Waals surface area contributed by atoms with Gasteiger partial charge in [0.2, 0.25) is 0 Å². The van der Waals surface area contributed by atoms with Crippen LogP contribution in [0, 0.1) is 5.92 Å². The zero-order valence-corrected chi connectivity index (χ0v) is 16.0. The molecule has 1 aromatic heterocycles. The van der Waals surface area contributed by atoms with Gasteiger partial charge in [0, 0.05) is 45.8 Å². The van der Waals surface area contributed by atoms with Gasteiger partial charge in [-0.05, 0) is 30.9 Å². The molecule has 146 valence electrons. The van der Waals surface area contributed by atoms with Crippen molar-refractivity contribution in [1.29, 1.82) is 0 Å². The number of piperazine rings is 1. The van der Waals surface area contributed by atoms with Crippen LogP contribution in [0.5, 0.6) is 0 Å². The topological polar surface area (TPSA) is 58.0 Å². The van der Waals surface area contributed by atoms with Gasteiger partial charge in [-0.3, -0.25) is 14.6 Å². The molecule has 1 saturated heterocycles. The molecule has 1 aliphatic carbocycles. The van der Waals surface area contributed by atoms with Crippen LogP contribution in [0.25, 0.3) is 0 Å². The Kier molecular flexibility index (Phi) is 7.53. The molecule has 3 rings (SSSR count). The minimum absolute atomic E-state index is 0.136. The molecule has 2 aliphatic rings. The molecular formula is C20H33N3O3. The monoisotopic (exact) mass is 363 g/mol. The van der Waals surface area contributed by atoms with Crippen molar-refractivity contribution in [2.24, 2.45) is 5.92 Å². The van der Waals surface area contributed by atoms with Crippen molar-refractivity contribution in [1.82, 2.24) is 15.1 Å². The largest absolute Gasteiger partial charge is 0.459 e. The summed E-state index contributed by atoms with van der Waals surface area (Å²) >= 11 is 0. The van der Waals surface area contributed by atoms with Crippen molar-refractivity contribution < 1.29 is 13.9 Å². The van der Waals surface area contributed by atoms with Gasteiger partial charge >= 0.3 is 0 Å². The second kappa shape index (κ2) is 10.1. The second-order valence-electron chi connectivity index (χ2n) is 7.59. The first-order chi connectivity index (χ1) is 12.7. The minimum atomic E-state index is -0.136. The Balaban J connectivity index is 1.24. The molecule has 0 bridgehead atoms. The molecule has 1 amide bonds. The zero-order valence-electron chi connectivity index (χ0n) is 16.0. The number of hydrogen-bond donors (Lipinski definition) is 1. The summed E-state index contributed by atoms with van der Waals surface area (Å²) in [6.07, 6.45) is 7.24. The molecular weight excluding hydrogens is 330 g/mol. The number of ether oxygens (including phenoxy) is 1. The molecule has 6 nitrogen and oxygen atoms in total. The third kappa shape index (κ3) is 5.83. The number of carbonyl (C=O) groups excluding carboxylic acids is 1. The summed E-state index contributed by atoms with van der Waals surface area (Å²) in [7, 11) is 0. The maximum atomic E-state index is 11.8. The highest BCUT2D eigenvalue weighted by molar-refractivity contribution is 5.91. The van der Waals surface area contributed by atoms with Crippen LogP contribution in [-0.2, 0) is 4.74 Å². The van der Waals surface area contributed by atoms with Crippen LogP contribution in [-0.4, -0.2) is 74.2 Å². The van der Waals surface area contributed by atoms with Crippen LogP contribution in [0.4, 0.5) is 0 Å². The number of nitrogens with zero attached hydrogens (tertiary/aromatic N) is 2. The van der Waals surface area contributed by atoms with E-state index in [0.29, 0.717) is 18.4 Å². The van der Waals surface area contributed by atoms with Crippen LogP contribution < -0.4 is 5.32 Å². The molecule has 0 radical (unpaired) electrons. The van der Waals surface area contributed by atoms with E-state index in [9.17, 15) is 4.79 Å². The van der Waals surface area contributed by atoms with Crippen molar-refractivity contribution in [3.8, 4) is 0 Å². The molecule has 1 aromatic rings. The number of amides is 1. The summed E-state index contributed by atoms with van der Waals surface area (Å²) in [6, 6.07) is 3.41. The number of nitrogens with one attached hydrogen (secondary N) is 1. The Bertz CT molecular complexity index is 526. The molecule has 1 N–H and O–H groups in total. The molecule has 2 atom stereocenters. The lowest BCUT2D eigenvalue weighted by Crippen LogP contribution is -2.49. The normalized spacial score (nSPS) is 25.3. The quantitative estimate of drug-likeness (QED) is 0.767. The van der Waals surface area contributed by atoms with Gasteiger partial charge in [-0.15, -0.1) is 0 Å². The lowest BCUT2D eigenvalue weighted by molar-refractivity contribution is -0.0179. The summed E-state index contributed by atoms with van der Waals surface area (Å²) in [5.41, 5.74) is 0. The summed E-state index contributed by atoms with van der Waals surface area (Å²) in [6.45, 7) is 10.0. The summed E-state index contributed by atoms with van der Waals surface area (Å²) in [4.78, 5) is 16.7. The molecule has 26 heavy (non-hydrogen) atoms. The minimum Gasteiger partial charge on any atom is -0.459 e. The van der Waals surface area contributed by atoms with Crippen molar-refractivity contribution in [2.45, 2.75) is 38.7 Å². The average molecular weight is 364 g/mol. The van der Waals surface area contributed by atoms with Crippen LogP contribution >= 0.6 is 0 Å². The summed E-state index contributed by atoms with van der Waals surface area (Å²) in [5.74, 6) is 0.960. The molecule has 2 heterocycles. The van der Waals surface area contributed by atoms with Crippen molar-refractivity contribution in [3.63, 3.8) is 0 Å². The highest BCUT2D eigenvalue weighted by Crippen LogP contribution is 2.26. The van der Waals surface area contributed by atoms with Gasteiger partial charge in [-0.1, -0.05) is 19.8 Å². The maximum Gasteiger partial charge on any atom is 0.287 e. The number of carbonyl (C=O) groups is 1. The standard InChI is InChI=1S/C20H33N3O3/c1-17-5-2-3-6-18(17)26-16-14-23-12-10-22(11-13-23)9-8-21-20(24)19-7-4-15-25-19/h4,7,15,17-18H,2-3,5-6,8-14,16H2,1H3,(H,21,24)/t17-,18+/m0/s1. The van der Waals surface area contributed by atoms with Crippen LogP contribution in [0.3, 0.4) is 0 Å². The van der Waals surface area contributed by atoms with E-state index in [1.807, 2.05) is 0 Å². The van der Waals surface area contributed by atoms with Crippen molar-refractivity contribution in [2.75, 3.05) is 52.4 Å². The molecule has 0 unspecified atom stereocenters. The smallest absolute Gasteiger partial charge is 0.287 e. The van der Waals surface area contributed by atoms with Gasteiger partial charge in [0.25, 0.3) is 5.91 Å². The first kappa shape index (κ1) is 19.4. The van der Waals surface area contributed by atoms with Crippen molar-refractivity contribution >= 4 is 5.91 Å². The predicted octanol–water partition coefficient (Wildman–Crippen LogP) is 2.22. The maximum absolute atomic E-state index is 11.8. The van der Waals surface area contributed by atoms with Crippen molar-refractivity contribution in [3.05, 3.63) is 24.2 Å². The molecule has 1 aliphatic heterocycles. The summed E-state index contributed by atoms with van der Waals surface area (Å²) in [5, 5.41) is 2.91. The van der Waals surface area contributed by atoms with Crippen LogP contribution in [0.15, 0.2) is 22.8 Å². The predicted molar refractivity (Wildman–Crippen MR) is 101 cm³/mol. The lowest BCUT2D eigenvalue weighted by Gasteiger charge is -2.35. The second-order valence-corrected chi connectivity index (χ2v) is 7.59. The number of rotatable bonds is 8. The van der Waals surface area contributed by atoms with E-state index in [4.69, 9.17) is 9.15 Å². The highest BCUT2D eigenvalue weighted by atomic mass is 16.5. The third-order valence-electron chi connectivity index (χ3n) is 5.70.